The lowest BCUT2D eigenvalue weighted by Crippen LogP contribution is -2.33. The van der Waals surface area contributed by atoms with Gasteiger partial charge in [-0.1, -0.05) is 92.7 Å². The highest BCUT2D eigenvalue weighted by Crippen LogP contribution is 2.40. The lowest BCUT2D eigenvalue weighted by atomic mass is 10.0. The third kappa shape index (κ3) is 10.5. The number of anilines is 3. The summed E-state index contributed by atoms with van der Waals surface area (Å²) in [5.74, 6) is 0. The number of hydrogen-bond donors (Lipinski definition) is 0. The molecule has 1 radical (unpaired) electrons. The molecular formula is C32H58N3. The van der Waals surface area contributed by atoms with Crippen LogP contribution in [0.1, 0.15) is 124 Å². The smallest absolute Gasteiger partial charge is 0.0698 e. The highest BCUT2D eigenvalue weighted by atomic mass is 15.2. The summed E-state index contributed by atoms with van der Waals surface area (Å²) in [6, 6.07) is 6.13. The molecule has 0 aliphatic rings. The molecule has 0 N–H and O–H groups in total. The standard InChI is InChI=1S/C32H58N3/c1-8-15-23-33(24-16-9-2)30-21-22-31(34(25-17-10-3)26-18-11-4)32(29(30)14-7)35(27-19-12-5)28-20-13-6/h14,22H,7-13,15-20,23-28H2,1-6H3. The lowest BCUT2D eigenvalue weighted by molar-refractivity contribution is 0.659. The van der Waals surface area contributed by atoms with Gasteiger partial charge in [-0.3, -0.25) is 0 Å². The van der Waals surface area contributed by atoms with Gasteiger partial charge in [0.2, 0.25) is 0 Å². The Morgan fingerprint density at radius 3 is 1.34 bits per heavy atom. The van der Waals surface area contributed by atoms with Crippen LogP contribution in [0.3, 0.4) is 0 Å². The first-order chi connectivity index (χ1) is 17.1. The summed E-state index contributed by atoms with van der Waals surface area (Å²) in [5, 5.41) is 0. The van der Waals surface area contributed by atoms with Crippen molar-refractivity contribution in [3.05, 3.63) is 24.3 Å². The summed E-state index contributed by atoms with van der Waals surface area (Å²) in [4.78, 5) is 7.94. The van der Waals surface area contributed by atoms with Crippen LogP contribution in [0.25, 0.3) is 6.08 Å². The molecule has 0 amide bonds. The summed E-state index contributed by atoms with van der Waals surface area (Å²) in [6.07, 6.45) is 16.8. The second-order valence-corrected chi connectivity index (χ2v) is 10.1. The number of unbranched alkanes of at least 4 members (excludes halogenated alkanes) is 6. The SMILES string of the molecule is C=Cc1c(N(CCCC)CCCC)[c]cc(N(CCCC)CCCC)c1N(CCCC)CCCC. The molecule has 0 aliphatic heterocycles. The van der Waals surface area contributed by atoms with Gasteiger partial charge in [0.1, 0.15) is 0 Å². The molecule has 3 heteroatoms. The fourth-order valence-corrected chi connectivity index (χ4v) is 4.68. The van der Waals surface area contributed by atoms with Crippen LogP contribution in [0, 0.1) is 6.07 Å². The number of nitrogens with zero attached hydrogens (tertiary/aromatic N) is 3. The summed E-state index contributed by atoms with van der Waals surface area (Å²) in [6.45, 7) is 24.9. The molecule has 1 aromatic rings. The first kappa shape index (κ1) is 31.4. The van der Waals surface area contributed by atoms with Gasteiger partial charge in [0.05, 0.1) is 17.1 Å². The van der Waals surface area contributed by atoms with E-state index in [0.29, 0.717) is 0 Å². The molecule has 0 unspecified atom stereocenters. The number of benzene rings is 1. The fourth-order valence-electron chi connectivity index (χ4n) is 4.68. The average molecular weight is 485 g/mol. The Bertz CT molecular complexity index is 645. The monoisotopic (exact) mass is 484 g/mol. The van der Waals surface area contributed by atoms with Crippen molar-refractivity contribution in [1.29, 1.82) is 0 Å². The van der Waals surface area contributed by atoms with E-state index in [4.69, 9.17) is 0 Å². The third-order valence-electron chi connectivity index (χ3n) is 6.97. The van der Waals surface area contributed by atoms with Crippen molar-refractivity contribution in [3.8, 4) is 0 Å². The first-order valence-corrected chi connectivity index (χ1v) is 15.1. The molecule has 0 bridgehead atoms. The molecule has 0 aliphatic carbocycles. The summed E-state index contributed by atoms with van der Waals surface area (Å²) in [5.41, 5.74) is 5.37. The quantitative estimate of drug-likeness (QED) is 0.162. The van der Waals surface area contributed by atoms with Crippen LogP contribution < -0.4 is 14.7 Å². The highest BCUT2D eigenvalue weighted by Gasteiger charge is 2.23. The second-order valence-electron chi connectivity index (χ2n) is 10.1. The Labute approximate surface area is 220 Å². The van der Waals surface area contributed by atoms with Crippen molar-refractivity contribution in [2.45, 2.75) is 119 Å². The van der Waals surface area contributed by atoms with Crippen LogP contribution in [-0.4, -0.2) is 39.3 Å². The van der Waals surface area contributed by atoms with Crippen molar-refractivity contribution in [2.75, 3.05) is 54.0 Å². The molecule has 0 atom stereocenters. The molecule has 201 valence electrons. The van der Waals surface area contributed by atoms with Crippen LogP contribution >= 0.6 is 0 Å². The van der Waals surface area contributed by atoms with Gasteiger partial charge in [0.15, 0.2) is 0 Å². The molecule has 35 heavy (non-hydrogen) atoms. The van der Waals surface area contributed by atoms with Gasteiger partial charge in [-0.15, -0.1) is 0 Å². The van der Waals surface area contributed by atoms with E-state index in [9.17, 15) is 0 Å². The van der Waals surface area contributed by atoms with E-state index in [2.05, 4.69) is 81.0 Å². The van der Waals surface area contributed by atoms with Crippen molar-refractivity contribution in [3.63, 3.8) is 0 Å². The minimum Gasteiger partial charge on any atom is -0.370 e. The molecule has 1 rings (SSSR count). The molecule has 0 saturated heterocycles. The Hall–Kier alpha value is -1.64. The topological polar surface area (TPSA) is 9.72 Å². The van der Waals surface area contributed by atoms with Gasteiger partial charge in [-0.25, -0.2) is 0 Å². The molecule has 0 fully saturated rings. The Balaban J connectivity index is 3.71. The van der Waals surface area contributed by atoms with Crippen molar-refractivity contribution >= 4 is 23.1 Å². The molecule has 0 saturated carbocycles. The zero-order chi connectivity index (χ0) is 25.9. The summed E-state index contributed by atoms with van der Waals surface area (Å²) in [7, 11) is 0. The molecule has 0 heterocycles. The molecular weight excluding hydrogens is 426 g/mol. The highest BCUT2D eigenvalue weighted by molar-refractivity contribution is 5.88. The van der Waals surface area contributed by atoms with E-state index in [1.807, 2.05) is 0 Å². The third-order valence-corrected chi connectivity index (χ3v) is 6.97. The normalized spacial score (nSPS) is 11.0. The predicted molar refractivity (Wildman–Crippen MR) is 161 cm³/mol. The second kappa shape index (κ2) is 19.5. The van der Waals surface area contributed by atoms with Gasteiger partial charge in [-0.2, -0.15) is 0 Å². The molecule has 0 spiro atoms. The van der Waals surface area contributed by atoms with Crippen LogP contribution in [0.4, 0.5) is 17.1 Å². The van der Waals surface area contributed by atoms with Crippen LogP contribution in [0.2, 0.25) is 0 Å². The minimum atomic E-state index is 1.10. The van der Waals surface area contributed by atoms with E-state index in [1.165, 1.54) is 99.7 Å². The summed E-state index contributed by atoms with van der Waals surface area (Å²) >= 11 is 0. The average Bonchev–Trinajstić information content (AvgIpc) is 2.88. The van der Waals surface area contributed by atoms with Gasteiger partial charge in [0, 0.05) is 50.9 Å². The van der Waals surface area contributed by atoms with E-state index in [1.54, 1.807) is 0 Å². The van der Waals surface area contributed by atoms with Crippen LogP contribution in [0.15, 0.2) is 12.6 Å². The zero-order valence-electron chi connectivity index (χ0n) is 24.4. The molecule has 1 aromatic carbocycles. The van der Waals surface area contributed by atoms with Crippen molar-refractivity contribution < 1.29 is 0 Å². The van der Waals surface area contributed by atoms with Gasteiger partial charge in [-0.05, 0) is 44.6 Å². The summed E-state index contributed by atoms with van der Waals surface area (Å²) < 4.78 is 0. The zero-order valence-corrected chi connectivity index (χ0v) is 24.4. The van der Waals surface area contributed by atoms with E-state index in [0.717, 1.165) is 39.3 Å². The lowest BCUT2D eigenvalue weighted by Gasteiger charge is -2.36. The first-order valence-electron chi connectivity index (χ1n) is 15.1. The Kier molecular flexibility index (Phi) is 17.5. The minimum absolute atomic E-state index is 1.10. The van der Waals surface area contributed by atoms with Crippen LogP contribution in [0.5, 0.6) is 0 Å². The Morgan fingerprint density at radius 1 is 0.600 bits per heavy atom. The molecule has 3 nitrogen and oxygen atoms in total. The number of rotatable bonds is 22. The van der Waals surface area contributed by atoms with E-state index in [-0.39, 0.29) is 0 Å². The fraction of sp³-hybridized carbons (Fsp3) is 0.750. The Morgan fingerprint density at radius 2 is 0.971 bits per heavy atom. The van der Waals surface area contributed by atoms with E-state index >= 15 is 0 Å². The van der Waals surface area contributed by atoms with E-state index < -0.39 is 0 Å². The predicted octanol–water partition coefficient (Wildman–Crippen LogP) is 9.35. The van der Waals surface area contributed by atoms with Gasteiger partial charge >= 0.3 is 0 Å². The van der Waals surface area contributed by atoms with Crippen molar-refractivity contribution in [1.82, 2.24) is 0 Å². The molecule has 0 aromatic heterocycles. The van der Waals surface area contributed by atoms with Gasteiger partial charge < -0.3 is 14.7 Å². The van der Waals surface area contributed by atoms with Gasteiger partial charge in [0.25, 0.3) is 0 Å². The number of hydrogen-bond acceptors (Lipinski definition) is 3. The maximum absolute atomic E-state index is 4.37. The van der Waals surface area contributed by atoms with Crippen LogP contribution in [-0.2, 0) is 0 Å². The van der Waals surface area contributed by atoms with Crippen molar-refractivity contribution in [2.24, 2.45) is 0 Å². The maximum Gasteiger partial charge on any atom is 0.0698 e. The maximum atomic E-state index is 4.37. The largest absolute Gasteiger partial charge is 0.370 e.